The Bertz CT molecular complexity index is 1300. The molecule has 33 heavy (non-hydrogen) atoms. The number of rotatable bonds is 7. The van der Waals surface area contributed by atoms with Crippen LogP contribution in [0.25, 0.3) is 0 Å². The molecule has 0 bridgehead atoms. The van der Waals surface area contributed by atoms with E-state index in [1.807, 2.05) is 0 Å². The van der Waals surface area contributed by atoms with Gasteiger partial charge in [0.2, 0.25) is 5.78 Å². The van der Waals surface area contributed by atoms with Gasteiger partial charge in [0.15, 0.2) is 11.4 Å². The van der Waals surface area contributed by atoms with Crippen molar-refractivity contribution in [2.45, 2.75) is 19.3 Å². The molecule has 0 aliphatic carbocycles. The Morgan fingerprint density at radius 3 is 1.73 bits per heavy atom. The lowest BCUT2D eigenvalue weighted by atomic mass is 10.1. The van der Waals surface area contributed by atoms with E-state index in [-0.39, 0.29) is 30.2 Å². The molecule has 0 atom stereocenters. The largest absolute Gasteiger partial charge is 0.416 e. The number of carbonyl (C=O) groups excluding carboxylic acids is 1. The highest BCUT2D eigenvalue weighted by Gasteiger charge is 2.30. The lowest BCUT2D eigenvalue weighted by Crippen LogP contribution is -2.06. The molecule has 10 nitrogen and oxygen atoms in total. The third kappa shape index (κ3) is 5.08. The van der Waals surface area contributed by atoms with Crippen molar-refractivity contribution in [1.82, 2.24) is 30.0 Å². The number of ketones is 1. The Morgan fingerprint density at radius 1 is 0.848 bits per heavy atom. The first kappa shape index (κ1) is 21.8. The average Bonchev–Trinajstić information content (AvgIpc) is 3.43. The SMILES string of the molecule is O=C(c1cn(Cc2ccc([N+](=O)[O-])cc2)nn1)c1cn(Cc2ccc(C(F)(F)F)cc2)nn1. The van der Waals surface area contributed by atoms with E-state index < -0.39 is 22.4 Å². The third-order valence-electron chi connectivity index (χ3n) is 4.66. The van der Waals surface area contributed by atoms with Crippen molar-refractivity contribution in [2.24, 2.45) is 0 Å². The molecular formula is C20H14F3N7O3. The lowest BCUT2D eigenvalue weighted by molar-refractivity contribution is -0.384. The van der Waals surface area contributed by atoms with Crippen molar-refractivity contribution in [3.05, 3.63) is 99.1 Å². The molecule has 0 saturated heterocycles. The van der Waals surface area contributed by atoms with Gasteiger partial charge in [-0.25, -0.2) is 9.36 Å². The molecule has 2 aromatic heterocycles. The molecule has 0 unspecified atom stereocenters. The minimum Gasteiger partial charge on any atom is -0.285 e. The predicted molar refractivity (Wildman–Crippen MR) is 106 cm³/mol. The van der Waals surface area contributed by atoms with Crippen LogP contribution < -0.4 is 0 Å². The van der Waals surface area contributed by atoms with Gasteiger partial charge in [-0.3, -0.25) is 14.9 Å². The summed E-state index contributed by atoms with van der Waals surface area (Å²) in [5.74, 6) is -0.524. The van der Waals surface area contributed by atoms with Crippen molar-refractivity contribution < 1.29 is 22.9 Å². The Labute approximate surface area is 183 Å². The van der Waals surface area contributed by atoms with Crippen molar-refractivity contribution >= 4 is 11.5 Å². The van der Waals surface area contributed by atoms with Gasteiger partial charge in [-0.15, -0.1) is 10.2 Å². The third-order valence-corrected chi connectivity index (χ3v) is 4.66. The van der Waals surface area contributed by atoms with E-state index >= 15 is 0 Å². The molecule has 4 aromatic rings. The Balaban J connectivity index is 1.41. The van der Waals surface area contributed by atoms with Crippen LogP contribution in [-0.2, 0) is 19.3 Å². The molecule has 0 spiro atoms. The van der Waals surface area contributed by atoms with Crippen molar-refractivity contribution in [2.75, 3.05) is 0 Å². The molecule has 0 fully saturated rings. The summed E-state index contributed by atoms with van der Waals surface area (Å²) in [4.78, 5) is 22.8. The molecule has 2 heterocycles. The minimum absolute atomic E-state index is 0.00398. The first-order valence-corrected chi connectivity index (χ1v) is 9.43. The molecule has 2 aromatic carbocycles. The molecule has 0 saturated carbocycles. The molecule has 0 radical (unpaired) electrons. The summed E-state index contributed by atoms with van der Waals surface area (Å²) in [6.45, 7) is 0.379. The first-order chi connectivity index (χ1) is 15.7. The number of hydrogen-bond donors (Lipinski definition) is 0. The van der Waals surface area contributed by atoms with Crippen LogP contribution in [0.15, 0.2) is 60.9 Å². The van der Waals surface area contributed by atoms with Gasteiger partial charge < -0.3 is 0 Å². The predicted octanol–water partition coefficient (Wildman–Crippen LogP) is 3.12. The van der Waals surface area contributed by atoms with Crippen LogP contribution in [0.5, 0.6) is 0 Å². The first-order valence-electron chi connectivity index (χ1n) is 9.43. The average molecular weight is 457 g/mol. The fourth-order valence-electron chi connectivity index (χ4n) is 2.99. The second-order valence-electron chi connectivity index (χ2n) is 7.05. The maximum Gasteiger partial charge on any atom is 0.416 e. The number of benzene rings is 2. The smallest absolute Gasteiger partial charge is 0.285 e. The second-order valence-corrected chi connectivity index (χ2v) is 7.05. The number of hydrogen-bond acceptors (Lipinski definition) is 7. The standard InChI is InChI=1S/C20H14F3N7O3/c21-20(22,23)15-5-1-13(2-6-15)9-28-11-17(24-26-28)19(31)18-12-29(27-25-18)10-14-3-7-16(8-4-14)30(32)33/h1-8,11-12H,9-10H2. The number of halogens is 3. The van der Waals surface area contributed by atoms with E-state index in [0.717, 1.165) is 17.7 Å². The quantitative estimate of drug-likeness (QED) is 0.237. The van der Waals surface area contributed by atoms with Crippen LogP contribution >= 0.6 is 0 Å². The second kappa shape index (κ2) is 8.61. The van der Waals surface area contributed by atoms with Crippen LogP contribution in [0.3, 0.4) is 0 Å². The van der Waals surface area contributed by atoms with E-state index in [0.29, 0.717) is 5.56 Å². The van der Waals surface area contributed by atoms with Gasteiger partial charge in [0.1, 0.15) is 0 Å². The van der Waals surface area contributed by atoms with Crippen LogP contribution in [0, 0.1) is 10.1 Å². The molecule has 0 aliphatic rings. The molecular weight excluding hydrogens is 443 g/mol. The summed E-state index contributed by atoms with van der Waals surface area (Å²) in [5, 5.41) is 26.1. The van der Waals surface area contributed by atoms with Crippen LogP contribution in [0.1, 0.15) is 32.9 Å². The van der Waals surface area contributed by atoms with Gasteiger partial charge in [-0.1, -0.05) is 34.7 Å². The Morgan fingerprint density at radius 2 is 1.30 bits per heavy atom. The summed E-state index contributed by atoms with van der Waals surface area (Å²) in [6, 6.07) is 10.5. The number of nitro benzene ring substituents is 1. The lowest BCUT2D eigenvalue weighted by Gasteiger charge is -2.07. The highest BCUT2D eigenvalue weighted by atomic mass is 19.4. The maximum absolute atomic E-state index is 12.7. The van der Waals surface area contributed by atoms with Crippen molar-refractivity contribution in [3.63, 3.8) is 0 Å². The number of nitrogens with zero attached hydrogens (tertiary/aromatic N) is 7. The molecule has 13 heteroatoms. The van der Waals surface area contributed by atoms with E-state index in [9.17, 15) is 28.1 Å². The highest BCUT2D eigenvalue weighted by molar-refractivity contribution is 6.05. The minimum atomic E-state index is -4.42. The molecule has 4 rings (SSSR count). The van der Waals surface area contributed by atoms with Crippen LogP contribution in [0.2, 0.25) is 0 Å². The van der Waals surface area contributed by atoms with E-state index in [1.165, 1.54) is 46.0 Å². The Hall–Kier alpha value is -4.42. The van der Waals surface area contributed by atoms with Crippen molar-refractivity contribution in [3.8, 4) is 0 Å². The summed E-state index contributed by atoms with van der Waals surface area (Å²) in [5.41, 5.74) is 0.529. The summed E-state index contributed by atoms with van der Waals surface area (Å²) >= 11 is 0. The van der Waals surface area contributed by atoms with Crippen molar-refractivity contribution in [1.29, 1.82) is 0 Å². The van der Waals surface area contributed by atoms with Gasteiger partial charge in [0.05, 0.1) is 36.0 Å². The van der Waals surface area contributed by atoms with E-state index in [4.69, 9.17) is 0 Å². The number of alkyl halides is 3. The summed E-state index contributed by atoms with van der Waals surface area (Å²) < 4.78 is 40.7. The zero-order valence-electron chi connectivity index (χ0n) is 16.7. The molecule has 0 N–H and O–H groups in total. The monoisotopic (exact) mass is 457 g/mol. The Kier molecular flexibility index (Phi) is 5.69. The van der Waals surface area contributed by atoms with E-state index in [2.05, 4.69) is 20.6 Å². The summed E-state index contributed by atoms with van der Waals surface area (Å²) in [7, 11) is 0. The summed E-state index contributed by atoms with van der Waals surface area (Å²) in [6.07, 6.45) is -1.63. The van der Waals surface area contributed by atoms with Gasteiger partial charge in [-0.05, 0) is 23.3 Å². The van der Waals surface area contributed by atoms with Gasteiger partial charge in [-0.2, -0.15) is 13.2 Å². The van der Waals surface area contributed by atoms with Gasteiger partial charge >= 0.3 is 6.18 Å². The fourth-order valence-corrected chi connectivity index (χ4v) is 2.99. The fraction of sp³-hybridized carbons (Fsp3) is 0.150. The molecule has 0 aliphatic heterocycles. The normalized spacial score (nSPS) is 11.5. The molecule has 0 amide bonds. The zero-order chi connectivity index (χ0) is 23.6. The maximum atomic E-state index is 12.7. The number of non-ortho nitro benzene ring substituents is 1. The van der Waals surface area contributed by atoms with E-state index in [1.54, 1.807) is 12.1 Å². The number of nitro groups is 1. The van der Waals surface area contributed by atoms with Gasteiger partial charge in [0.25, 0.3) is 5.69 Å². The van der Waals surface area contributed by atoms with Crippen LogP contribution in [-0.4, -0.2) is 40.7 Å². The number of aromatic nitrogens is 6. The zero-order valence-corrected chi connectivity index (χ0v) is 16.7. The van der Waals surface area contributed by atoms with Crippen LogP contribution in [0.4, 0.5) is 18.9 Å². The van der Waals surface area contributed by atoms with Gasteiger partial charge in [0, 0.05) is 12.1 Å². The molecule has 168 valence electrons. The topological polar surface area (TPSA) is 122 Å². The highest BCUT2D eigenvalue weighted by Crippen LogP contribution is 2.29. The number of carbonyl (C=O) groups is 1.